The maximum absolute atomic E-state index is 5.21. The van der Waals surface area contributed by atoms with Gasteiger partial charge in [0.2, 0.25) is 0 Å². The Bertz CT molecular complexity index is 6970. The van der Waals surface area contributed by atoms with E-state index in [1.54, 1.807) is 6.20 Å². The van der Waals surface area contributed by atoms with Crippen molar-refractivity contribution in [1.29, 1.82) is 0 Å². The maximum atomic E-state index is 5.21. The van der Waals surface area contributed by atoms with Crippen molar-refractivity contribution in [3.63, 3.8) is 0 Å². The van der Waals surface area contributed by atoms with Crippen molar-refractivity contribution in [2.75, 3.05) is 0 Å². The van der Waals surface area contributed by atoms with Crippen molar-refractivity contribution in [2.45, 2.75) is 26.7 Å². The van der Waals surface area contributed by atoms with Crippen molar-refractivity contribution in [3.05, 3.63) is 406 Å². The minimum atomic E-state index is 0.246. The number of pyridine rings is 5. The van der Waals surface area contributed by atoms with Crippen LogP contribution in [0.4, 0.5) is 0 Å². The molecule has 116 heavy (non-hydrogen) atoms. The van der Waals surface area contributed by atoms with Gasteiger partial charge in [0.25, 0.3) is 0 Å². The van der Waals surface area contributed by atoms with Crippen molar-refractivity contribution in [2.24, 2.45) is 0 Å². The predicted molar refractivity (Wildman–Crippen MR) is 478 cm³/mol. The Balaban J connectivity index is 0.000000155. The van der Waals surface area contributed by atoms with E-state index in [0.717, 1.165) is 178 Å². The summed E-state index contributed by atoms with van der Waals surface area (Å²) in [5.74, 6) is 1.63. The fraction of sp³-hybridized carbons (Fsp3) is 0.0374. The average Bonchev–Trinajstić information content (AvgIpc) is 0.748. The Kier molecular flexibility index (Phi) is 19.3. The van der Waals surface area contributed by atoms with Gasteiger partial charge in [0.05, 0.1) is 56.2 Å². The molecule has 13 aromatic carbocycles. The number of aryl methyl sites for hydroxylation is 1. The number of nitrogens with zero attached hydrogens (tertiary/aromatic N) is 9. The smallest absolute Gasteiger partial charge is 0.160 e. The molecule has 7 heterocycles. The molecule has 0 aliphatic carbocycles. The lowest BCUT2D eigenvalue weighted by Crippen LogP contribution is -1.97. The molecule has 0 saturated heterocycles. The molecule has 0 amide bonds. The van der Waals surface area contributed by atoms with Gasteiger partial charge in [-0.15, -0.1) is 0 Å². The van der Waals surface area contributed by atoms with Gasteiger partial charge in [0, 0.05) is 89.8 Å². The van der Waals surface area contributed by atoms with Gasteiger partial charge in [-0.3, -0.25) is 15.0 Å². The van der Waals surface area contributed by atoms with Gasteiger partial charge in [-0.05, 0) is 140 Å². The zero-order valence-corrected chi connectivity index (χ0v) is 64.1. The van der Waals surface area contributed by atoms with E-state index in [1.165, 1.54) is 22.3 Å². The zero-order chi connectivity index (χ0) is 77.8. The normalized spacial score (nSPS) is 11.3. The van der Waals surface area contributed by atoms with Crippen molar-refractivity contribution >= 4 is 43.6 Å². The van der Waals surface area contributed by atoms with E-state index in [2.05, 4.69) is 329 Å². The van der Waals surface area contributed by atoms with Gasteiger partial charge in [-0.2, -0.15) is 0 Å². The van der Waals surface area contributed by atoms with Crippen LogP contribution in [0.5, 0.6) is 0 Å². The largest absolute Gasteiger partial charge is 0.264 e. The molecule has 0 saturated carbocycles. The Morgan fingerprint density at radius 3 is 1.02 bits per heavy atom. The summed E-state index contributed by atoms with van der Waals surface area (Å²) in [4.78, 5) is 45.3. The first kappa shape index (κ1) is 71.1. The lowest BCUT2D eigenvalue weighted by atomic mass is 9.94. The molecule has 0 fully saturated rings. The predicted octanol–water partition coefficient (Wildman–Crippen LogP) is 27.3. The molecule has 0 aliphatic heterocycles. The second-order valence-corrected chi connectivity index (χ2v) is 29.5. The van der Waals surface area contributed by atoms with Gasteiger partial charge in [-0.25, -0.2) is 29.9 Å². The first-order valence-corrected chi connectivity index (χ1v) is 39.2. The summed E-state index contributed by atoms with van der Waals surface area (Å²) in [5, 5.41) is 4.30. The van der Waals surface area contributed by atoms with E-state index in [4.69, 9.17) is 39.9 Å². The van der Waals surface area contributed by atoms with Crippen LogP contribution >= 0.6 is 0 Å². The third kappa shape index (κ3) is 14.8. The number of hydrogen-bond donors (Lipinski definition) is 0. The molecule has 0 aliphatic rings. The molecule has 20 aromatic rings. The second-order valence-electron chi connectivity index (χ2n) is 29.5. The molecule has 0 N–H and O–H groups in total. The van der Waals surface area contributed by atoms with E-state index in [0.29, 0.717) is 11.6 Å². The quantitative estimate of drug-likeness (QED) is 0.0925. The first-order valence-electron chi connectivity index (χ1n) is 39.2. The van der Waals surface area contributed by atoms with Gasteiger partial charge in [0.1, 0.15) is 0 Å². The molecular formula is C107H75N9. The summed E-state index contributed by atoms with van der Waals surface area (Å²) >= 11 is 0. The van der Waals surface area contributed by atoms with Crippen LogP contribution < -0.4 is 0 Å². The standard InChI is InChI=1S/C54H39N5.C53H36N4/c1-35(2)49-32-47(46-28-26-41-27-29-48(45-17-10-30-55-34-45)56-52(41)53(46)57-49)39-22-18-38(19-23-39)43-15-9-16-44(31-43)51-33-50(58-54(59-51)42-13-7-4-8-14-42)40-24-20-37(21-25-40)36-11-5-3-6-12-36;1-35-32-47(46-30-28-43-29-31-48(40-14-7-3-8-15-40)55-51(43)52(46)54-35)39-24-20-38(21-25-39)44-18-11-19-45(33-44)53-56-49(41-16-9-4-10-17-41)34-50(57-53)42-26-22-37(23-27-42)36-12-5-2-6-13-36/h3-35H,1-2H3;2-34H,1H3. The second kappa shape index (κ2) is 31.5. The first-order chi connectivity index (χ1) is 57.2. The van der Waals surface area contributed by atoms with E-state index in [-0.39, 0.29) is 5.92 Å². The van der Waals surface area contributed by atoms with Crippen LogP contribution in [0.1, 0.15) is 31.2 Å². The molecule has 0 spiro atoms. The van der Waals surface area contributed by atoms with Crippen LogP contribution in [0, 0.1) is 6.92 Å². The Hall–Kier alpha value is -15.2. The Morgan fingerprint density at radius 2 is 0.543 bits per heavy atom. The SMILES string of the molecule is CC(C)c1cc(-c2ccc(-c3cccc(-c4cc(-c5ccc(-c6ccccc6)cc5)nc(-c5ccccc5)n4)c3)cc2)c2ccc3ccc(-c4cccnc4)nc3c2n1.Cc1cc(-c2ccc(-c3cccc(-c4nc(-c5ccccc5)cc(-c5ccc(-c6ccccc6)cc5)n4)c3)cc2)c2ccc3ccc(-c4ccccc4)nc3c2n1. The minimum absolute atomic E-state index is 0.246. The highest BCUT2D eigenvalue weighted by molar-refractivity contribution is 6.10. The van der Waals surface area contributed by atoms with Crippen LogP contribution in [0.2, 0.25) is 0 Å². The van der Waals surface area contributed by atoms with Crippen molar-refractivity contribution < 1.29 is 0 Å². The van der Waals surface area contributed by atoms with Crippen LogP contribution in [0.15, 0.2) is 395 Å². The van der Waals surface area contributed by atoms with Crippen LogP contribution in [-0.4, -0.2) is 44.9 Å². The lowest BCUT2D eigenvalue weighted by molar-refractivity contribution is 0.831. The molecular weight excluding hydrogens is 1410 g/mol. The number of aromatic nitrogens is 9. The topological polar surface area (TPSA) is 116 Å². The molecule has 0 unspecified atom stereocenters. The molecule has 0 atom stereocenters. The van der Waals surface area contributed by atoms with Gasteiger partial charge in [0.15, 0.2) is 11.6 Å². The molecule has 20 rings (SSSR count). The monoisotopic (exact) mass is 1490 g/mol. The summed E-state index contributed by atoms with van der Waals surface area (Å²) in [6.07, 6.45) is 3.64. The zero-order valence-electron chi connectivity index (χ0n) is 64.1. The number of hydrogen-bond acceptors (Lipinski definition) is 9. The minimum Gasteiger partial charge on any atom is -0.264 e. The highest BCUT2D eigenvalue weighted by Crippen LogP contribution is 2.41. The maximum Gasteiger partial charge on any atom is 0.160 e. The van der Waals surface area contributed by atoms with Gasteiger partial charge in [-0.1, -0.05) is 335 Å². The lowest BCUT2D eigenvalue weighted by Gasteiger charge is -2.15. The fourth-order valence-electron chi connectivity index (χ4n) is 15.4. The van der Waals surface area contributed by atoms with Crippen molar-refractivity contribution in [1.82, 2.24) is 44.9 Å². The Labute approximate surface area is 673 Å². The molecule has 0 radical (unpaired) electrons. The third-order valence-electron chi connectivity index (χ3n) is 21.5. The average molecular weight is 1490 g/mol. The molecule has 9 heteroatoms. The molecule has 7 aromatic heterocycles. The Morgan fingerprint density at radius 1 is 0.207 bits per heavy atom. The number of fused-ring (bicyclic) bond motifs is 6. The highest BCUT2D eigenvalue weighted by Gasteiger charge is 2.20. The summed E-state index contributed by atoms with van der Waals surface area (Å²) in [6.45, 7) is 6.44. The van der Waals surface area contributed by atoms with Gasteiger partial charge < -0.3 is 0 Å². The van der Waals surface area contributed by atoms with E-state index >= 15 is 0 Å². The van der Waals surface area contributed by atoms with E-state index < -0.39 is 0 Å². The summed E-state index contributed by atoms with van der Waals surface area (Å²) < 4.78 is 0. The molecule has 0 bridgehead atoms. The number of benzene rings is 13. The molecule has 9 nitrogen and oxygen atoms in total. The summed E-state index contributed by atoms with van der Waals surface area (Å²) in [6, 6.07) is 133. The number of rotatable bonds is 15. The van der Waals surface area contributed by atoms with Crippen LogP contribution in [0.3, 0.4) is 0 Å². The summed E-state index contributed by atoms with van der Waals surface area (Å²) in [7, 11) is 0. The third-order valence-corrected chi connectivity index (χ3v) is 21.5. The van der Waals surface area contributed by atoms with Crippen molar-refractivity contribution in [3.8, 4) is 157 Å². The van der Waals surface area contributed by atoms with E-state index in [1.807, 2.05) is 85.1 Å². The van der Waals surface area contributed by atoms with Crippen LogP contribution in [-0.2, 0) is 0 Å². The fourth-order valence-corrected chi connectivity index (χ4v) is 15.4. The van der Waals surface area contributed by atoms with Crippen LogP contribution in [0.25, 0.3) is 201 Å². The summed E-state index contributed by atoms with van der Waals surface area (Å²) in [5.41, 5.74) is 32.9. The van der Waals surface area contributed by atoms with E-state index in [9.17, 15) is 0 Å². The molecule has 548 valence electrons. The highest BCUT2D eigenvalue weighted by atomic mass is 14.9. The van der Waals surface area contributed by atoms with Gasteiger partial charge >= 0.3 is 0 Å².